The van der Waals surface area contributed by atoms with Crippen LogP contribution in [0.15, 0.2) is 28.1 Å². The van der Waals surface area contributed by atoms with Crippen LogP contribution in [0.2, 0.25) is 0 Å². The Kier molecular flexibility index (Phi) is 5.41. The van der Waals surface area contributed by atoms with E-state index in [0.717, 1.165) is 27.5 Å². The van der Waals surface area contributed by atoms with Crippen molar-refractivity contribution in [2.24, 2.45) is 0 Å². The quantitative estimate of drug-likeness (QED) is 0.831. The molecule has 21 heavy (non-hydrogen) atoms. The summed E-state index contributed by atoms with van der Waals surface area (Å²) in [5, 5.41) is 6.59. The minimum Gasteiger partial charge on any atom is -0.486 e. The molecule has 0 saturated carbocycles. The molecule has 1 heterocycles. The molecule has 1 N–H and O–H groups in total. The minimum absolute atomic E-state index is 0.106. The van der Waals surface area contributed by atoms with Gasteiger partial charge in [0.1, 0.15) is 17.4 Å². The number of nitrogens with zero attached hydrogens (tertiary/aromatic N) is 1. The van der Waals surface area contributed by atoms with Gasteiger partial charge in [-0.15, -0.1) is 11.3 Å². The summed E-state index contributed by atoms with van der Waals surface area (Å²) in [4.78, 5) is 4.59. The lowest BCUT2D eigenvalue weighted by atomic mass is 10.1. The number of halogens is 1. The predicted molar refractivity (Wildman–Crippen MR) is 91.9 cm³/mol. The molecule has 2 rings (SSSR count). The molecule has 0 saturated heterocycles. The van der Waals surface area contributed by atoms with Gasteiger partial charge < -0.3 is 10.1 Å². The molecule has 0 amide bonds. The van der Waals surface area contributed by atoms with E-state index in [1.165, 1.54) is 5.56 Å². The van der Waals surface area contributed by atoms with E-state index in [1.54, 1.807) is 11.3 Å². The van der Waals surface area contributed by atoms with Crippen LogP contribution in [-0.4, -0.2) is 10.5 Å². The van der Waals surface area contributed by atoms with Crippen molar-refractivity contribution in [3.63, 3.8) is 0 Å². The third-order valence-electron chi connectivity index (χ3n) is 2.83. The van der Waals surface area contributed by atoms with Crippen molar-refractivity contribution in [2.45, 2.75) is 46.4 Å². The summed E-state index contributed by atoms with van der Waals surface area (Å²) in [7, 11) is 0. The average Bonchev–Trinajstić information content (AvgIpc) is 2.82. The zero-order chi connectivity index (χ0) is 15.5. The number of hydrogen-bond acceptors (Lipinski definition) is 4. The molecule has 0 aliphatic rings. The first-order valence-electron chi connectivity index (χ1n) is 6.91. The van der Waals surface area contributed by atoms with E-state index in [2.05, 4.69) is 65.4 Å². The van der Waals surface area contributed by atoms with E-state index in [4.69, 9.17) is 4.74 Å². The molecule has 0 unspecified atom stereocenters. The zero-order valence-corrected chi connectivity index (χ0v) is 15.3. The Morgan fingerprint density at radius 1 is 1.33 bits per heavy atom. The molecule has 1 aromatic carbocycles. The van der Waals surface area contributed by atoms with Crippen molar-refractivity contribution in [1.29, 1.82) is 0 Å². The van der Waals surface area contributed by atoms with E-state index in [9.17, 15) is 0 Å². The Balaban J connectivity index is 1.90. The number of hydrogen-bond donors (Lipinski definition) is 1. The SMILES string of the molecule is Cc1ccc(OCc2csc(CNC(C)(C)C)n2)c(Br)c1. The highest BCUT2D eigenvalue weighted by Gasteiger charge is 2.10. The van der Waals surface area contributed by atoms with Crippen molar-refractivity contribution < 1.29 is 4.74 Å². The van der Waals surface area contributed by atoms with E-state index in [0.29, 0.717) is 6.61 Å². The van der Waals surface area contributed by atoms with Gasteiger partial charge in [0.2, 0.25) is 0 Å². The molecule has 0 fully saturated rings. The van der Waals surface area contributed by atoms with Gasteiger partial charge in [0, 0.05) is 17.5 Å². The Labute approximate surface area is 138 Å². The van der Waals surface area contributed by atoms with E-state index >= 15 is 0 Å². The summed E-state index contributed by atoms with van der Waals surface area (Å²) in [5.41, 5.74) is 2.28. The van der Waals surface area contributed by atoms with Gasteiger partial charge in [-0.1, -0.05) is 6.07 Å². The number of rotatable bonds is 5. The summed E-state index contributed by atoms with van der Waals surface area (Å²) < 4.78 is 6.79. The van der Waals surface area contributed by atoms with Crippen LogP contribution in [0.25, 0.3) is 0 Å². The van der Waals surface area contributed by atoms with Gasteiger partial charge in [-0.3, -0.25) is 0 Å². The van der Waals surface area contributed by atoms with Gasteiger partial charge in [0.15, 0.2) is 0 Å². The number of benzene rings is 1. The first kappa shape index (κ1) is 16.5. The van der Waals surface area contributed by atoms with Crippen molar-refractivity contribution in [2.75, 3.05) is 0 Å². The van der Waals surface area contributed by atoms with Crippen molar-refractivity contribution in [3.05, 3.63) is 44.3 Å². The minimum atomic E-state index is 0.106. The van der Waals surface area contributed by atoms with Gasteiger partial charge in [-0.05, 0) is 61.3 Å². The lowest BCUT2D eigenvalue weighted by Crippen LogP contribution is -2.35. The zero-order valence-electron chi connectivity index (χ0n) is 12.9. The molecule has 0 radical (unpaired) electrons. The van der Waals surface area contributed by atoms with Crippen LogP contribution in [0.1, 0.15) is 37.0 Å². The maximum absolute atomic E-state index is 5.81. The normalized spacial score (nSPS) is 11.7. The third kappa shape index (κ3) is 5.41. The van der Waals surface area contributed by atoms with Crippen LogP contribution in [-0.2, 0) is 13.2 Å². The molecule has 1 aromatic heterocycles. The van der Waals surface area contributed by atoms with Crippen LogP contribution in [0.3, 0.4) is 0 Å². The van der Waals surface area contributed by atoms with Gasteiger partial charge in [-0.25, -0.2) is 4.98 Å². The van der Waals surface area contributed by atoms with Gasteiger partial charge in [-0.2, -0.15) is 0 Å². The second-order valence-electron chi connectivity index (χ2n) is 6.06. The predicted octanol–water partition coefficient (Wildman–Crippen LogP) is 4.68. The second-order valence-corrected chi connectivity index (χ2v) is 7.86. The Hall–Kier alpha value is -0.910. The molecule has 5 heteroatoms. The second kappa shape index (κ2) is 6.90. The lowest BCUT2D eigenvalue weighted by molar-refractivity contribution is 0.299. The summed E-state index contributed by atoms with van der Waals surface area (Å²) in [5.74, 6) is 0.850. The highest BCUT2D eigenvalue weighted by molar-refractivity contribution is 9.10. The highest BCUT2D eigenvalue weighted by Crippen LogP contribution is 2.26. The van der Waals surface area contributed by atoms with E-state index in [-0.39, 0.29) is 5.54 Å². The van der Waals surface area contributed by atoms with Crippen LogP contribution in [0.4, 0.5) is 0 Å². The fourth-order valence-corrected chi connectivity index (χ4v) is 3.04. The first-order valence-corrected chi connectivity index (χ1v) is 8.58. The topological polar surface area (TPSA) is 34.1 Å². The van der Waals surface area contributed by atoms with Gasteiger partial charge >= 0.3 is 0 Å². The van der Waals surface area contributed by atoms with Crippen molar-refractivity contribution >= 4 is 27.3 Å². The number of nitrogens with one attached hydrogen (secondary N) is 1. The largest absolute Gasteiger partial charge is 0.486 e. The van der Waals surface area contributed by atoms with Crippen molar-refractivity contribution in [1.82, 2.24) is 10.3 Å². The lowest BCUT2D eigenvalue weighted by Gasteiger charge is -2.19. The molecular weight excluding hydrogens is 348 g/mol. The summed E-state index contributed by atoms with van der Waals surface area (Å²) >= 11 is 5.19. The van der Waals surface area contributed by atoms with Crippen molar-refractivity contribution in [3.8, 4) is 5.75 Å². The molecular formula is C16H21BrN2OS. The van der Waals surface area contributed by atoms with Gasteiger partial charge in [0.25, 0.3) is 0 Å². The number of aryl methyl sites for hydroxylation is 1. The molecule has 3 nitrogen and oxygen atoms in total. The van der Waals surface area contributed by atoms with Crippen LogP contribution in [0.5, 0.6) is 5.75 Å². The fraction of sp³-hybridized carbons (Fsp3) is 0.438. The maximum atomic E-state index is 5.81. The highest BCUT2D eigenvalue weighted by atomic mass is 79.9. The summed E-state index contributed by atoms with van der Waals surface area (Å²) in [6.07, 6.45) is 0. The molecule has 0 spiro atoms. The van der Waals surface area contributed by atoms with Crippen LogP contribution >= 0.6 is 27.3 Å². The maximum Gasteiger partial charge on any atom is 0.134 e. The Bertz CT molecular complexity index is 605. The molecule has 0 bridgehead atoms. The first-order chi connectivity index (χ1) is 9.83. The fourth-order valence-electron chi connectivity index (χ4n) is 1.71. The monoisotopic (exact) mass is 368 g/mol. The summed E-state index contributed by atoms with van der Waals surface area (Å²) in [6.45, 7) is 9.80. The molecule has 0 atom stereocenters. The standard InChI is InChI=1S/C16H21BrN2OS/c1-11-5-6-14(13(17)7-11)20-9-12-10-21-15(19-12)8-18-16(2,3)4/h5-7,10,18H,8-9H2,1-4H3. The molecule has 0 aliphatic heterocycles. The average molecular weight is 369 g/mol. The number of ether oxygens (including phenoxy) is 1. The summed E-state index contributed by atoms with van der Waals surface area (Å²) in [6, 6.07) is 6.07. The number of aromatic nitrogens is 1. The molecule has 2 aromatic rings. The molecule has 0 aliphatic carbocycles. The van der Waals surface area contributed by atoms with Crippen LogP contribution < -0.4 is 10.1 Å². The van der Waals surface area contributed by atoms with Crippen LogP contribution in [0, 0.1) is 6.92 Å². The third-order valence-corrected chi connectivity index (χ3v) is 4.35. The number of thiazole rings is 1. The Morgan fingerprint density at radius 2 is 2.10 bits per heavy atom. The Morgan fingerprint density at radius 3 is 2.76 bits per heavy atom. The van der Waals surface area contributed by atoms with Gasteiger partial charge in [0.05, 0.1) is 10.2 Å². The molecule has 114 valence electrons. The van der Waals surface area contributed by atoms with E-state index in [1.807, 2.05) is 12.1 Å². The smallest absolute Gasteiger partial charge is 0.134 e. The van der Waals surface area contributed by atoms with E-state index < -0.39 is 0 Å².